The van der Waals surface area contributed by atoms with Crippen molar-refractivity contribution in [2.45, 2.75) is 39.2 Å². The zero-order valence-corrected chi connectivity index (χ0v) is 17.3. The van der Waals surface area contributed by atoms with E-state index >= 15 is 0 Å². The average molecular weight is 412 g/mol. The highest BCUT2D eigenvalue weighted by atomic mass is 35.5. The molecule has 0 spiro atoms. The number of halogens is 1. The lowest BCUT2D eigenvalue weighted by Gasteiger charge is -2.18. The van der Waals surface area contributed by atoms with Crippen LogP contribution in [0.4, 0.5) is 5.69 Å². The normalized spacial score (nSPS) is 16.7. The van der Waals surface area contributed by atoms with E-state index in [-0.39, 0.29) is 17.9 Å². The second-order valence-electron chi connectivity index (χ2n) is 7.48. The molecule has 1 aliphatic rings. The molecule has 7 heteroatoms. The van der Waals surface area contributed by atoms with E-state index in [1.165, 1.54) is 0 Å². The van der Waals surface area contributed by atoms with Crippen molar-refractivity contribution in [3.63, 3.8) is 0 Å². The van der Waals surface area contributed by atoms with Gasteiger partial charge in [-0.2, -0.15) is 4.98 Å². The molecule has 1 unspecified atom stereocenters. The van der Waals surface area contributed by atoms with Crippen LogP contribution in [0.1, 0.15) is 37.6 Å². The topological polar surface area (TPSA) is 68.5 Å². The first kappa shape index (κ1) is 19.5. The fourth-order valence-corrected chi connectivity index (χ4v) is 3.73. The highest BCUT2D eigenvalue weighted by Gasteiger charge is 2.35. The minimum Gasteiger partial charge on any atom is -0.491 e. The second-order valence-corrected chi connectivity index (χ2v) is 7.92. The zero-order chi connectivity index (χ0) is 20.5. The lowest BCUT2D eigenvalue weighted by molar-refractivity contribution is -0.117. The van der Waals surface area contributed by atoms with Gasteiger partial charge in [0.25, 0.3) is 0 Å². The highest BCUT2D eigenvalue weighted by molar-refractivity contribution is 6.30. The molecule has 2 heterocycles. The minimum absolute atomic E-state index is 0.0374. The number of amides is 1. The van der Waals surface area contributed by atoms with Crippen LogP contribution in [-0.4, -0.2) is 28.7 Å². The Kier molecular flexibility index (Phi) is 5.28. The van der Waals surface area contributed by atoms with Gasteiger partial charge in [0.2, 0.25) is 17.6 Å². The van der Waals surface area contributed by atoms with Gasteiger partial charge < -0.3 is 14.2 Å². The van der Waals surface area contributed by atoms with Crippen LogP contribution in [0.15, 0.2) is 47.0 Å². The molecule has 1 saturated heterocycles. The fraction of sp³-hybridized carbons (Fsp3) is 0.318. The molecular formula is C22H22ClN3O3. The van der Waals surface area contributed by atoms with E-state index in [4.69, 9.17) is 20.9 Å². The van der Waals surface area contributed by atoms with Crippen molar-refractivity contribution in [2.24, 2.45) is 0 Å². The zero-order valence-electron chi connectivity index (χ0n) is 16.6. The molecule has 1 atom stereocenters. The molecule has 150 valence electrons. The van der Waals surface area contributed by atoms with Gasteiger partial charge in [0.1, 0.15) is 5.75 Å². The fourth-order valence-electron chi connectivity index (χ4n) is 3.50. The number of benzene rings is 2. The predicted octanol–water partition coefficient (Wildman–Crippen LogP) is 5.01. The first-order valence-electron chi connectivity index (χ1n) is 9.58. The lowest BCUT2D eigenvalue weighted by atomic mass is 10.1. The van der Waals surface area contributed by atoms with Crippen molar-refractivity contribution < 1.29 is 14.1 Å². The molecule has 1 fully saturated rings. The third-order valence-electron chi connectivity index (χ3n) is 4.85. The van der Waals surface area contributed by atoms with Gasteiger partial charge in [-0.1, -0.05) is 16.8 Å². The van der Waals surface area contributed by atoms with Crippen LogP contribution in [0.5, 0.6) is 5.75 Å². The molecule has 0 N–H and O–H groups in total. The van der Waals surface area contributed by atoms with Crippen molar-refractivity contribution in [1.82, 2.24) is 10.1 Å². The Morgan fingerprint density at radius 3 is 2.66 bits per heavy atom. The Morgan fingerprint density at radius 2 is 1.97 bits per heavy atom. The van der Waals surface area contributed by atoms with Crippen molar-refractivity contribution in [3.05, 3.63) is 58.9 Å². The molecule has 0 saturated carbocycles. The molecule has 1 amide bonds. The van der Waals surface area contributed by atoms with Gasteiger partial charge in [0.15, 0.2) is 0 Å². The summed E-state index contributed by atoms with van der Waals surface area (Å²) in [6, 6.07) is 13.1. The summed E-state index contributed by atoms with van der Waals surface area (Å²) in [7, 11) is 0. The Bertz CT molecular complexity index is 1030. The summed E-state index contributed by atoms with van der Waals surface area (Å²) in [4.78, 5) is 18.9. The minimum atomic E-state index is -0.137. The van der Waals surface area contributed by atoms with Gasteiger partial charge in [-0.05, 0) is 68.8 Å². The smallest absolute Gasteiger partial charge is 0.232 e. The number of hydrogen-bond acceptors (Lipinski definition) is 5. The summed E-state index contributed by atoms with van der Waals surface area (Å²) >= 11 is 6.04. The Labute approximate surface area is 174 Å². The molecule has 1 aromatic heterocycles. The maximum Gasteiger partial charge on any atom is 0.232 e. The largest absolute Gasteiger partial charge is 0.491 e. The Hall–Kier alpha value is -2.86. The molecule has 0 radical (unpaired) electrons. The van der Waals surface area contributed by atoms with Crippen LogP contribution in [0.3, 0.4) is 0 Å². The van der Waals surface area contributed by atoms with E-state index < -0.39 is 0 Å². The lowest BCUT2D eigenvalue weighted by Crippen LogP contribution is -2.25. The SMILES string of the molecule is Cc1cc(Cl)ccc1N1CC(c2nc(-c3ccc(OC(C)C)cc3)no2)CC1=O. The van der Waals surface area contributed by atoms with Crippen molar-refractivity contribution >= 4 is 23.2 Å². The van der Waals surface area contributed by atoms with E-state index in [1.54, 1.807) is 11.0 Å². The highest BCUT2D eigenvalue weighted by Crippen LogP contribution is 2.34. The van der Waals surface area contributed by atoms with E-state index in [0.717, 1.165) is 22.6 Å². The first-order valence-corrected chi connectivity index (χ1v) is 9.95. The van der Waals surface area contributed by atoms with Crippen LogP contribution in [0, 0.1) is 6.92 Å². The van der Waals surface area contributed by atoms with E-state index in [0.29, 0.717) is 29.7 Å². The van der Waals surface area contributed by atoms with E-state index in [1.807, 2.05) is 57.2 Å². The van der Waals surface area contributed by atoms with Crippen molar-refractivity contribution in [3.8, 4) is 17.1 Å². The Balaban J connectivity index is 1.50. The summed E-state index contributed by atoms with van der Waals surface area (Å²) in [6.45, 7) is 6.41. The number of carbonyl (C=O) groups is 1. The maximum absolute atomic E-state index is 12.6. The molecule has 2 aromatic carbocycles. The number of ether oxygens (including phenoxy) is 1. The molecule has 4 rings (SSSR count). The second kappa shape index (κ2) is 7.87. The standard InChI is InChI=1S/C22H22ClN3O3/c1-13(2)28-18-7-4-15(5-8-18)21-24-22(29-25-21)16-11-20(27)26(12-16)19-9-6-17(23)10-14(19)3/h4-10,13,16H,11-12H2,1-3H3. The number of aryl methyl sites for hydroxylation is 1. The van der Waals surface area contributed by atoms with E-state index in [9.17, 15) is 4.79 Å². The van der Waals surface area contributed by atoms with Gasteiger partial charge in [-0.25, -0.2) is 0 Å². The average Bonchev–Trinajstić information content (AvgIpc) is 3.29. The Morgan fingerprint density at radius 1 is 1.21 bits per heavy atom. The summed E-state index contributed by atoms with van der Waals surface area (Å²) < 4.78 is 11.1. The third-order valence-corrected chi connectivity index (χ3v) is 5.09. The van der Waals surface area contributed by atoms with Crippen LogP contribution < -0.4 is 9.64 Å². The molecule has 3 aromatic rings. The maximum atomic E-state index is 12.6. The van der Waals surface area contributed by atoms with Crippen LogP contribution in [0.25, 0.3) is 11.4 Å². The van der Waals surface area contributed by atoms with Crippen LogP contribution in [-0.2, 0) is 4.79 Å². The summed E-state index contributed by atoms with van der Waals surface area (Å²) in [5.41, 5.74) is 2.66. The molecule has 1 aliphatic heterocycles. The third kappa shape index (κ3) is 4.12. The van der Waals surface area contributed by atoms with Crippen molar-refractivity contribution in [1.29, 1.82) is 0 Å². The van der Waals surface area contributed by atoms with Crippen molar-refractivity contribution in [2.75, 3.05) is 11.4 Å². The van der Waals surface area contributed by atoms with Gasteiger partial charge >= 0.3 is 0 Å². The summed E-state index contributed by atoms with van der Waals surface area (Å²) in [5, 5.41) is 4.75. The molecular weight excluding hydrogens is 390 g/mol. The molecule has 0 bridgehead atoms. The molecule has 6 nitrogen and oxygen atoms in total. The summed E-state index contributed by atoms with van der Waals surface area (Å²) in [5.74, 6) is 1.68. The van der Waals surface area contributed by atoms with Gasteiger partial charge in [-0.15, -0.1) is 0 Å². The van der Waals surface area contributed by atoms with Gasteiger partial charge in [0.05, 0.1) is 12.0 Å². The monoisotopic (exact) mass is 411 g/mol. The number of hydrogen-bond donors (Lipinski definition) is 0. The van der Waals surface area contributed by atoms with Gasteiger partial charge in [0, 0.05) is 29.2 Å². The molecule has 0 aliphatic carbocycles. The number of rotatable bonds is 5. The van der Waals surface area contributed by atoms with E-state index in [2.05, 4.69) is 10.1 Å². The number of carbonyl (C=O) groups excluding carboxylic acids is 1. The first-order chi connectivity index (χ1) is 13.9. The van der Waals surface area contributed by atoms with Crippen LogP contribution in [0.2, 0.25) is 5.02 Å². The van der Waals surface area contributed by atoms with Gasteiger partial charge in [-0.3, -0.25) is 4.79 Å². The number of aromatic nitrogens is 2. The number of nitrogens with zero attached hydrogens (tertiary/aromatic N) is 3. The number of anilines is 1. The van der Waals surface area contributed by atoms with Crippen LogP contribution >= 0.6 is 11.6 Å². The summed E-state index contributed by atoms with van der Waals surface area (Å²) in [6.07, 6.45) is 0.454. The quantitative estimate of drug-likeness (QED) is 0.590. The predicted molar refractivity (Wildman–Crippen MR) is 111 cm³/mol. The molecule has 29 heavy (non-hydrogen) atoms.